The summed E-state index contributed by atoms with van der Waals surface area (Å²) in [6.45, 7) is 8.98. The van der Waals surface area contributed by atoms with Gasteiger partial charge < -0.3 is 15.3 Å². The SMILES string of the molecule is C[C@H](O)[C@]1(O)CC[C@@H]2[C@@H]3CC[C@@]4(C)C[C@H](O)CC[C@]4(C)[C@H]3CC[C@]21C. The van der Waals surface area contributed by atoms with E-state index >= 15 is 0 Å². The number of aliphatic hydroxyl groups is 3. The van der Waals surface area contributed by atoms with Crippen molar-refractivity contribution in [3.63, 3.8) is 0 Å². The minimum absolute atomic E-state index is 0.115. The molecule has 25 heavy (non-hydrogen) atoms. The summed E-state index contributed by atoms with van der Waals surface area (Å²) < 4.78 is 0. The lowest BCUT2D eigenvalue weighted by molar-refractivity contribution is -0.203. The maximum atomic E-state index is 11.3. The molecule has 3 N–H and O–H groups in total. The zero-order valence-corrected chi connectivity index (χ0v) is 16.6. The summed E-state index contributed by atoms with van der Waals surface area (Å²) in [6, 6.07) is 0. The van der Waals surface area contributed by atoms with E-state index in [2.05, 4.69) is 20.8 Å². The molecular formula is C22H38O3. The molecule has 144 valence electrons. The summed E-state index contributed by atoms with van der Waals surface area (Å²) in [6.07, 6.45) is 8.78. The van der Waals surface area contributed by atoms with Gasteiger partial charge in [0.05, 0.1) is 17.8 Å². The van der Waals surface area contributed by atoms with Gasteiger partial charge in [-0.3, -0.25) is 0 Å². The average molecular weight is 351 g/mol. The molecule has 4 saturated carbocycles. The molecule has 0 unspecified atom stereocenters. The fraction of sp³-hybridized carbons (Fsp3) is 1.00. The first kappa shape index (κ1) is 18.3. The van der Waals surface area contributed by atoms with Crippen LogP contribution in [0, 0.1) is 34.0 Å². The maximum Gasteiger partial charge on any atom is 0.0958 e. The average Bonchev–Trinajstić information content (AvgIpc) is 2.82. The molecule has 0 bridgehead atoms. The van der Waals surface area contributed by atoms with Crippen molar-refractivity contribution in [3.8, 4) is 0 Å². The van der Waals surface area contributed by atoms with Crippen LogP contribution in [0.1, 0.15) is 85.5 Å². The highest BCUT2D eigenvalue weighted by Crippen LogP contribution is 2.71. The van der Waals surface area contributed by atoms with Gasteiger partial charge in [-0.05, 0) is 93.3 Å². The minimum Gasteiger partial charge on any atom is -0.393 e. The molecule has 3 heteroatoms. The number of rotatable bonds is 1. The summed E-state index contributed by atoms with van der Waals surface area (Å²) in [5, 5.41) is 31.9. The maximum absolute atomic E-state index is 11.3. The largest absolute Gasteiger partial charge is 0.393 e. The van der Waals surface area contributed by atoms with Crippen molar-refractivity contribution in [2.45, 2.75) is 103 Å². The third-order valence-electron chi connectivity index (χ3n) is 10.3. The van der Waals surface area contributed by atoms with Crippen LogP contribution in [0.25, 0.3) is 0 Å². The third kappa shape index (κ3) is 2.15. The van der Waals surface area contributed by atoms with Crippen LogP contribution in [0.3, 0.4) is 0 Å². The summed E-state index contributed by atoms with van der Waals surface area (Å²) in [5.74, 6) is 1.94. The molecule has 0 aromatic rings. The van der Waals surface area contributed by atoms with Crippen LogP contribution in [0.4, 0.5) is 0 Å². The third-order valence-corrected chi connectivity index (χ3v) is 10.3. The molecule has 0 heterocycles. The van der Waals surface area contributed by atoms with Gasteiger partial charge in [0, 0.05) is 5.41 Å². The normalized spacial score (nSPS) is 59.6. The Morgan fingerprint density at radius 3 is 2.12 bits per heavy atom. The molecular weight excluding hydrogens is 312 g/mol. The molecule has 4 aliphatic rings. The molecule has 0 amide bonds. The van der Waals surface area contributed by atoms with Crippen LogP contribution in [-0.4, -0.2) is 33.1 Å². The molecule has 0 radical (unpaired) electrons. The Labute approximate surface area is 153 Å². The number of aliphatic hydroxyl groups excluding tert-OH is 2. The fourth-order valence-electron chi connectivity index (χ4n) is 8.35. The Morgan fingerprint density at radius 1 is 0.840 bits per heavy atom. The van der Waals surface area contributed by atoms with E-state index in [1.54, 1.807) is 6.92 Å². The molecule has 4 aliphatic carbocycles. The second-order valence-electron chi connectivity index (χ2n) is 10.9. The highest BCUT2D eigenvalue weighted by molar-refractivity contribution is 5.16. The van der Waals surface area contributed by atoms with Crippen LogP contribution in [0.15, 0.2) is 0 Å². The van der Waals surface area contributed by atoms with Gasteiger partial charge in [-0.2, -0.15) is 0 Å². The molecule has 3 nitrogen and oxygen atoms in total. The summed E-state index contributed by atoms with van der Waals surface area (Å²) in [5.41, 5.74) is -0.464. The van der Waals surface area contributed by atoms with Crippen LogP contribution in [-0.2, 0) is 0 Å². The summed E-state index contributed by atoms with van der Waals surface area (Å²) in [4.78, 5) is 0. The highest BCUT2D eigenvalue weighted by atomic mass is 16.3. The Bertz CT molecular complexity index is 547. The first-order valence-corrected chi connectivity index (χ1v) is 10.7. The minimum atomic E-state index is -0.910. The first-order chi connectivity index (χ1) is 11.6. The van der Waals surface area contributed by atoms with Gasteiger partial charge >= 0.3 is 0 Å². The molecule has 0 aliphatic heterocycles. The molecule has 4 fully saturated rings. The lowest BCUT2D eigenvalue weighted by atomic mass is 9.40. The summed E-state index contributed by atoms with van der Waals surface area (Å²) in [7, 11) is 0. The predicted molar refractivity (Wildman–Crippen MR) is 99.0 cm³/mol. The topological polar surface area (TPSA) is 60.7 Å². The fourth-order valence-corrected chi connectivity index (χ4v) is 8.35. The van der Waals surface area contributed by atoms with Gasteiger partial charge in [-0.25, -0.2) is 0 Å². The van der Waals surface area contributed by atoms with Gasteiger partial charge in [0.1, 0.15) is 0 Å². The Balaban J connectivity index is 1.67. The van der Waals surface area contributed by atoms with Crippen molar-refractivity contribution >= 4 is 0 Å². The van der Waals surface area contributed by atoms with Crippen molar-refractivity contribution in [1.82, 2.24) is 0 Å². The van der Waals surface area contributed by atoms with Gasteiger partial charge in [-0.1, -0.05) is 20.8 Å². The van der Waals surface area contributed by atoms with E-state index in [1.807, 2.05) is 0 Å². The second kappa shape index (κ2) is 5.45. The zero-order valence-electron chi connectivity index (χ0n) is 16.6. The van der Waals surface area contributed by atoms with Crippen LogP contribution in [0.2, 0.25) is 0 Å². The lowest BCUT2D eigenvalue weighted by Gasteiger charge is -2.65. The predicted octanol–water partition coefficient (Wildman–Crippen LogP) is 3.89. The molecule has 0 aromatic heterocycles. The van der Waals surface area contributed by atoms with Crippen molar-refractivity contribution in [3.05, 3.63) is 0 Å². The summed E-state index contributed by atoms with van der Waals surface area (Å²) >= 11 is 0. The lowest BCUT2D eigenvalue weighted by Crippen LogP contribution is -2.61. The Hall–Kier alpha value is -0.120. The monoisotopic (exact) mass is 350 g/mol. The van der Waals surface area contributed by atoms with E-state index in [1.165, 1.54) is 19.3 Å². The van der Waals surface area contributed by atoms with Gasteiger partial charge in [0.2, 0.25) is 0 Å². The van der Waals surface area contributed by atoms with Crippen molar-refractivity contribution in [2.24, 2.45) is 34.0 Å². The van der Waals surface area contributed by atoms with Crippen LogP contribution >= 0.6 is 0 Å². The molecule has 9 atom stereocenters. The van der Waals surface area contributed by atoms with E-state index in [-0.39, 0.29) is 16.9 Å². The Morgan fingerprint density at radius 2 is 1.44 bits per heavy atom. The smallest absolute Gasteiger partial charge is 0.0958 e. The van der Waals surface area contributed by atoms with Crippen LogP contribution in [0.5, 0.6) is 0 Å². The van der Waals surface area contributed by atoms with E-state index in [0.717, 1.165) is 38.5 Å². The van der Waals surface area contributed by atoms with E-state index in [9.17, 15) is 15.3 Å². The van der Waals surface area contributed by atoms with E-state index in [0.29, 0.717) is 23.2 Å². The second-order valence-corrected chi connectivity index (χ2v) is 10.9. The van der Waals surface area contributed by atoms with Crippen molar-refractivity contribution in [1.29, 1.82) is 0 Å². The highest BCUT2D eigenvalue weighted by Gasteiger charge is 2.67. The van der Waals surface area contributed by atoms with E-state index in [4.69, 9.17) is 0 Å². The Kier molecular flexibility index (Phi) is 3.98. The van der Waals surface area contributed by atoms with Crippen molar-refractivity contribution in [2.75, 3.05) is 0 Å². The van der Waals surface area contributed by atoms with Crippen molar-refractivity contribution < 1.29 is 15.3 Å². The van der Waals surface area contributed by atoms with Gasteiger partial charge in [0.15, 0.2) is 0 Å². The standard InChI is InChI=1S/C22H38O3/c1-14(23)22(25)12-8-18-16-6-9-19(2)13-15(24)5-10-20(19,3)17(16)7-11-21(18,22)4/h14-18,23-25H,5-13H2,1-4H3/t14-,15+,16+,17-,18+,19-,20+,21+,22+/m0/s1. The first-order valence-electron chi connectivity index (χ1n) is 10.7. The molecule has 0 spiro atoms. The molecule has 0 saturated heterocycles. The number of hydrogen-bond acceptors (Lipinski definition) is 3. The number of hydrogen-bond donors (Lipinski definition) is 3. The van der Waals surface area contributed by atoms with Gasteiger partial charge in [-0.15, -0.1) is 0 Å². The molecule has 0 aromatic carbocycles. The van der Waals surface area contributed by atoms with Gasteiger partial charge in [0.25, 0.3) is 0 Å². The number of fused-ring (bicyclic) bond motifs is 5. The molecule has 4 rings (SSSR count). The zero-order chi connectivity index (χ0) is 18.3. The quantitative estimate of drug-likeness (QED) is 0.672. The van der Waals surface area contributed by atoms with E-state index < -0.39 is 11.7 Å². The van der Waals surface area contributed by atoms with Crippen LogP contribution < -0.4 is 0 Å².